The zero-order valence-corrected chi connectivity index (χ0v) is 13.8. The number of nitrogens with two attached hydrogens (primary N) is 1. The van der Waals surface area contributed by atoms with Crippen LogP contribution in [0.15, 0.2) is 18.2 Å². The number of benzene rings is 1. The maximum absolute atomic E-state index is 6.45. The van der Waals surface area contributed by atoms with Gasteiger partial charge in [0.25, 0.3) is 0 Å². The van der Waals surface area contributed by atoms with Crippen LogP contribution >= 0.6 is 11.5 Å². The fourth-order valence-corrected chi connectivity index (χ4v) is 3.03. The Hall–Kier alpha value is -1.66. The predicted octanol–water partition coefficient (Wildman–Crippen LogP) is 2.90. The van der Waals surface area contributed by atoms with Crippen molar-refractivity contribution in [1.82, 2.24) is 9.59 Å². The van der Waals surface area contributed by atoms with Gasteiger partial charge in [-0.3, -0.25) is 0 Å². The van der Waals surface area contributed by atoms with Crippen LogP contribution in [-0.4, -0.2) is 23.8 Å². The average molecular weight is 307 g/mol. The van der Waals surface area contributed by atoms with Crippen LogP contribution in [0.2, 0.25) is 0 Å². The van der Waals surface area contributed by atoms with Crippen LogP contribution in [-0.2, 0) is 5.41 Å². The highest BCUT2D eigenvalue weighted by Gasteiger charge is 2.27. The van der Waals surface area contributed by atoms with Crippen molar-refractivity contribution in [2.24, 2.45) is 5.73 Å². The van der Waals surface area contributed by atoms with Crippen molar-refractivity contribution in [3.05, 3.63) is 34.3 Å². The number of ether oxygens (including phenoxy) is 2. The van der Waals surface area contributed by atoms with Crippen molar-refractivity contribution in [3.8, 4) is 11.5 Å². The lowest BCUT2D eigenvalue weighted by Gasteiger charge is -2.21. The molecule has 2 rings (SSSR count). The third kappa shape index (κ3) is 3.16. The molecule has 0 aliphatic carbocycles. The highest BCUT2D eigenvalue weighted by molar-refractivity contribution is 7.05. The van der Waals surface area contributed by atoms with Gasteiger partial charge < -0.3 is 15.2 Å². The smallest absolute Gasteiger partial charge is 0.124 e. The Balaban J connectivity index is 2.49. The third-order valence-corrected chi connectivity index (χ3v) is 4.09. The Morgan fingerprint density at radius 2 is 1.90 bits per heavy atom. The molecule has 0 radical (unpaired) electrons. The minimum Gasteiger partial charge on any atom is -0.497 e. The SMILES string of the molecule is COc1ccc(OC)c(C(N)c2snnc2C(C)(C)C)c1. The van der Waals surface area contributed by atoms with Crippen LogP contribution < -0.4 is 15.2 Å². The number of aromatic nitrogens is 2. The molecule has 1 unspecified atom stereocenters. The van der Waals surface area contributed by atoms with Gasteiger partial charge >= 0.3 is 0 Å². The Labute approximate surface area is 129 Å². The topological polar surface area (TPSA) is 70.3 Å². The van der Waals surface area contributed by atoms with E-state index < -0.39 is 0 Å². The predicted molar refractivity (Wildman–Crippen MR) is 84.2 cm³/mol. The fraction of sp³-hybridized carbons (Fsp3) is 0.467. The summed E-state index contributed by atoms with van der Waals surface area (Å²) >= 11 is 1.33. The second-order valence-electron chi connectivity index (χ2n) is 5.82. The standard InChI is InChI=1S/C15H21N3O2S/c1-15(2,3)14-13(21-18-17-14)12(16)10-8-9(19-4)6-7-11(10)20-5/h6-8,12H,16H2,1-5H3. The van der Waals surface area contributed by atoms with E-state index >= 15 is 0 Å². The highest BCUT2D eigenvalue weighted by atomic mass is 32.1. The van der Waals surface area contributed by atoms with Crippen molar-refractivity contribution in [3.63, 3.8) is 0 Å². The Morgan fingerprint density at radius 3 is 2.48 bits per heavy atom. The number of hydrogen-bond donors (Lipinski definition) is 1. The number of hydrogen-bond acceptors (Lipinski definition) is 6. The minimum atomic E-state index is -0.343. The molecule has 0 bridgehead atoms. The van der Waals surface area contributed by atoms with E-state index in [4.69, 9.17) is 15.2 Å². The normalized spacial score (nSPS) is 13.0. The molecule has 5 nitrogen and oxygen atoms in total. The Bertz CT molecular complexity index is 620. The first-order valence-electron chi connectivity index (χ1n) is 6.68. The first-order valence-corrected chi connectivity index (χ1v) is 7.46. The first-order chi connectivity index (χ1) is 9.88. The van der Waals surface area contributed by atoms with Gasteiger partial charge in [-0.25, -0.2) is 0 Å². The molecule has 1 aromatic heterocycles. The lowest BCUT2D eigenvalue weighted by molar-refractivity contribution is 0.397. The summed E-state index contributed by atoms with van der Waals surface area (Å²) in [5, 5.41) is 4.25. The molecule has 1 aromatic carbocycles. The van der Waals surface area contributed by atoms with Crippen LogP contribution in [0.1, 0.15) is 42.9 Å². The van der Waals surface area contributed by atoms with E-state index in [9.17, 15) is 0 Å². The van der Waals surface area contributed by atoms with Gasteiger partial charge in [0.15, 0.2) is 0 Å². The molecule has 2 N–H and O–H groups in total. The van der Waals surface area contributed by atoms with Gasteiger partial charge in [-0.05, 0) is 29.7 Å². The zero-order valence-electron chi connectivity index (χ0n) is 13.0. The molecule has 0 spiro atoms. The van der Waals surface area contributed by atoms with E-state index in [2.05, 4.69) is 30.4 Å². The molecule has 1 heterocycles. The molecule has 114 valence electrons. The monoisotopic (exact) mass is 307 g/mol. The van der Waals surface area contributed by atoms with E-state index in [1.54, 1.807) is 14.2 Å². The lowest BCUT2D eigenvalue weighted by atomic mass is 9.89. The van der Waals surface area contributed by atoms with Gasteiger partial charge in [0, 0.05) is 11.0 Å². The summed E-state index contributed by atoms with van der Waals surface area (Å²) in [5.74, 6) is 1.48. The molecule has 6 heteroatoms. The summed E-state index contributed by atoms with van der Waals surface area (Å²) < 4.78 is 14.8. The number of methoxy groups -OCH3 is 2. The van der Waals surface area contributed by atoms with E-state index in [1.807, 2.05) is 18.2 Å². The molecule has 21 heavy (non-hydrogen) atoms. The fourth-order valence-electron chi connectivity index (χ4n) is 2.15. The Kier molecular flexibility index (Phi) is 4.49. The second-order valence-corrected chi connectivity index (χ2v) is 6.61. The lowest BCUT2D eigenvalue weighted by Crippen LogP contribution is -2.20. The number of nitrogens with zero attached hydrogens (tertiary/aromatic N) is 2. The quantitative estimate of drug-likeness (QED) is 0.940. The first kappa shape index (κ1) is 15.7. The molecule has 0 aliphatic rings. The van der Waals surface area contributed by atoms with Gasteiger partial charge in [-0.15, -0.1) is 5.10 Å². The van der Waals surface area contributed by atoms with Crippen molar-refractivity contribution in [2.45, 2.75) is 32.2 Å². The van der Waals surface area contributed by atoms with E-state index in [0.717, 1.165) is 27.6 Å². The average Bonchev–Trinajstić information content (AvgIpc) is 2.95. The van der Waals surface area contributed by atoms with Crippen LogP contribution in [0, 0.1) is 0 Å². The van der Waals surface area contributed by atoms with Gasteiger partial charge in [0.05, 0.1) is 30.8 Å². The summed E-state index contributed by atoms with van der Waals surface area (Å²) in [6, 6.07) is 5.27. The highest BCUT2D eigenvalue weighted by Crippen LogP contribution is 2.37. The van der Waals surface area contributed by atoms with E-state index in [0.29, 0.717) is 0 Å². The molecule has 0 saturated heterocycles. The summed E-state index contributed by atoms with van der Waals surface area (Å²) in [6.45, 7) is 6.30. The summed E-state index contributed by atoms with van der Waals surface area (Å²) in [7, 11) is 3.26. The summed E-state index contributed by atoms with van der Waals surface area (Å²) in [4.78, 5) is 0.953. The molecular weight excluding hydrogens is 286 g/mol. The molecule has 0 fully saturated rings. The largest absolute Gasteiger partial charge is 0.497 e. The van der Waals surface area contributed by atoms with Gasteiger partial charge in [-0.1, -0.05) is 25.3 Å². The molecule has 2 aromatic rings. The maximum Gasteiger partial charge on any atom is 0.124 e. The van der Waals surface area contributed by atoms with Crippen LogP contribution in [0.25, 0.3) is 0 Å². The Morgan fingerprint density at radius 1 is 1.19 bits per heavy atom. The number of rotatable bonds is 4. The van der Waals surface area contributed by atoms with Gasteiger partial charge in [0.1, 0.15) is 11.5 Å². The van der Waals surface area contributed by atoms with Crippen LogP contribution in [0.4, 0.5) is 0 Å². The summed E-state index contributed by atoms with van der Waals surface area (Å²) in [6.07, 6.45) is 0. The van der Waals surface area contributed by atoms with Crippen molar-refractivity contribution < 1.29 is 9.47 Å². The molecular formula is C15H21N3O2S. The third-order valence-electron chi connectivity index (χ3n) is 3.28. The molecule has 0 aliphatic heterocycles. The zero-order chi connectivity index (χ0) is 15.6. The summed E-state index contributed by atoms with van der Waals surface area (Å²) in [5.41, 5.74) is 8.14. The van der Waals surface area contributed by atoms with Crippen molar-refractivity contribution in [2.75, 3.05) is 14.2 Å². The molecule has 0 saturated carbocycles. The maximum atomic E-state index is 6.45. The van der Waals surface area contributed by atoms with E-state index in [1.165, 1.54) is 11.5 Å². The van der Waals surface area contributed by atoms with E-state index in [-0.39, 0.29) is 11.5 Å². The van der Waals surface area contributed by atoms with Crippen molar-refractivity contribution in [1.29, 1.82) is 0 Å². The van der Waals surface area contributed by atoms with Crippen LogP contribution in [0.3, 0.4) is 0 Å². The molecule has 1 atom stereocenters. The van der Waals surface area contributed by atoms with Crippen LogP contribution in [0.5, 0.6) is 11.5 Å². The van der Waals surface area contributed by atoms with Gasteiger partial charge in [-0.2, -0.15) is 0 Å². The minimum absolute atomic E-state index is 0.105. The van der Waals surface area contributed by atoms with Crippen molar-refractivity contribution >= 4 is 11.5 Å². The van der Waals surface area contributed by atoms with Gasteiger partial charge in [0.2, 0.25) is 0 Å². The second kappa shape index (κ2) is 5.99. The molecule has 0 amide bonds.